The van der Waals surface area contributed by atoms with E-state index >= 15 is 0 Å². The van der Waals surface area contributed by atoms with E-state index in [4.69, 9.17) is 26.1 Å². The molecule has 6 rings (SSSR count). The molecule has 4 aromatic heterocycles. The number of carbonyl (C=O) groups excluding carboxylic acids is 2. The number of carbonyl (C=O) groups is 2. The monoisotopic (exact) mass is 862 g/mol. The Bertz CT molecular complexity index is 2260. The van der Waals surface area contributed by atoms with Crippen molar-refractivity contribution in [1.82, 2.24) is 34.4 Å². The third-order valence-corrected chi connectivity index (χ3v) is 12.6. The number of pyridine rings is 3. The van der Waals surface area contributed by atoms with E-state index in [0.717, 1.165) is 30.5 Å². The van der Waals surface area contributed by atoms with Gasteiger partial charge in [0.15, 0.2) is 10.8 Å². The predicted molar refractivity (Wildman–Crippen MR) is 231 cm³/mol. The predicted octanol–water partition coefficient (Wildman–Crippen LogP) is 9.06. The van der Waals surface area contributed by atoms with Gasteiger partial charge in [-0.25, -0.2) is 24.2 Å². The van der Waals surface area contributed by atoms with Gasteiger partial charge in [-0.1, -0.05) is 64.1 Å². The molecule has 2 N–H and O–H groups in total. The molecule has 2 amide bonds. The Balaban J connectivity index is 1.14. The van der Waals surface area contributed by atoms with Crippen LogP contribution in [0.5, 0.6) is 5.88 Å². The summed E-state index contributed by atoms with van der Waals surface area (Å²) in [4.78, 5) is 41.8. The standard InChI is InChI=1S/C44H59ClN8O6S/c1-42(2,3)31-20-23-46-34(26-31)33(18-16-30-27-44(7,8)52(28-30)41(55)59-43(4,5)6)47-35-14-11-15-38(48-35)60(56,57)51-40(54)32-17-19-36(49-39(32)45)53-24-21-37(50-53)58-25-22-29-12-9-10-13-29/h11,14-15,17,19-21,23-24,26,29-30,33H,9-10,12-13,16,18,22,25,27-28H2,1-8H3,(H,47,48)(H,51,54)/t30-,33?/m0/s1. The van der Waals surface area contributed by atoms with Gasteiger partial charge in [-0.15, -0.1) is 5.10 Å². The molecule has 16 heteroatoms. The molecule has 324 valence electrons. The number of ether oxygens (including phenoxy) is 2. The van der Waals surface area contributed by atoms with Crippen LogP contribution in [-0.2, 0) is 20.2 Å². The van der Waals surface area contributed by atoms with E-state index in [-0.39, 0.29) is 50.6 Å². The highest BCUT2D eigenvalue weighted by Gasteiger charge is 2.43. The van der Waals surface area contributed by atoms with Crippen molar-refractivity contribution in [3.63, 3.8) is 0 Å². The molecule has 1 aliphatic heterocycles. The first-order chi connectivity index (χ1) is 28.2. The first-order valence-electron chi connectivity index (χ1n) is 20.8. The summed E-state index contributed by atoms with van der Waals surface area (Å²) in [6.45, 7) is 17.2. The number of rotatable bonds is 14. The average molecular weight is 864 g/mol. The Morgan fingerprint density at radius 1 is 0.983 bits per heavy atom. The van der Waals surface area contributed by atoms with E-state index in [2.05, 4.69) is 65.8 Å². The van der Waals surface area contributed by atoms with E-state index in [0.29, 0.717) is 37.2 Å². The maximum atomic E-state index is 13.6. The molecule has 0 aromatic carbocycles. The zero-order valence-corrected chi connectivity index (χ0v) is 37.6. The maximum absolute atomic E-state index is 13.6. The van der Waals surface area contributed by atoms with E-state index in [1.54, 1.807) is 30.6 Å². The van der Waals surface area contributed by atoms with Crippen LogP contribution in [0.4, 0.5) is 10.6 Å². The molecule has 0 radical (unpaired) electrons. The van der Waals surface area contributed by atoms with Crippen molar-refractivity contribution in [3.05, 3.63) is 82.9 Å². The van der Waals surface area contributed by atoms with E-state index in [9.17, 15) is 18.0 Å². The molecule has 1 unspecified atom stereocenters. The van der Waals surface area contributed by atoms with Crippen LogP contribution >= 0.6 is 11.6 Å². The second-order valence-electron chi connectivity index (χ2n) is 18.7. The summed E-state index contributed by atoms with van der Waals surface area (Å²) in [7, 11) is -4.45. The molecule has 1 saturated carbocycles. The van der Waals surface area contributed by atoms with Gasteiger partial charge in [0.05, 0.1) is 23.9 Å². The van der Waals surface area contributed by atoms with Gasteiger partial charge in [-0.3, -0.25) is 9.78 Å². The Labute approximate surface area is 359 Å². The first-order valence-corrected chi connectivity index (χ1v) is 22.7. The van der Waals surface area contributed by atoms with Crippen LogP contribution in [0.1, 0.15) is 134 Å². The van der Waals surface area contributed by atoms with Crippen molar-refractivity contribution >= 4 is 39.4 Å². The highest BCUT2D eigenvalue weighted by molar-refractivity contribution is 7.90. The Kier molecular flexibility index (Phi) is 13.5. The molecule has 4 aromatic rings. The number of anilines is 1. The number of hydrogen-bond acceptors (Lipinski definition) is 11. The third-order valence-electron chi connectivity index (χ3n) is 11.1. The minimum atomic E-state index is -4.45. The summed E-state index contributed by atoms with van der Waals surface area (Å²) in [6.07, 6.45) is 11.3. The lowest BCUT2D eigenvalue weighted by atomic mass is 9.86. The normalized spacial score (nSPS) is 17.7. The summed E-state index contributed by atoms with van der Waals surface area (Å²) >= 11 is 6.44. The van der Waals surface area contributed by atoms with Gasteiger partial charge in [-0.2, -0.15) is 8.42 Å². The van der Waals surface area contributed by atoms with Crippen molar-refractivity contribution in [2.45, 2.75) is 134 Å². The number of sulfonamides is 1. The van der Waals surface area contributed by atoms with Crippen LogP contribution in [0.3, 0.4) is 0 Å². The van der Waals surface area contributed by atoms with E-state index in [1.165, 1.54) is 48.6 Å². The van der Waals surface area contributed by atoms with Crippen molar-refractivity contribution in [2.24, 2.45) is 11.8 Å². The molecular formula is C44H59ClN8O6S. The topological polar surface area (TPSA) is 171 Å². The summed E-state index contributed by atoms with van der Waals surface area (Å²) < 4.78 is 42.4. The smallest absolute Gasteiger partial charge is 0.410 e. The van der Waals surface area contributed by atoms with Crippen molar-refractivity contribution < 1.29 is 27.5 Å². The maximum Gasteiger partial charge on any atom is 0.410 e. The minimum Gasteiger partial charge on any atom is -0.477 e. The van der Waals surface area contributed by atoms with Crippen molar-refractivity contribution in [1.29, 1.82) is 0 Å². The van der Waals surface area contributed by atoms with Crippen LogP contribution in [0.25, 0.3) is 5.82 Å². The van der Waals surface area contributed by atoms with E-state index in [1.807, 2.05) is 31.7 Å². The summed E-state index contributed by atoms with van der Waals surface area (Å²) in [5.74, 6) is 0.996. The van der Waals surface area contributed by atoms with Gasteiger partial charge >= 0.3 is 6.09 Å². The van der Waals surface area contributed by atoms with Crippen molar-refractivity contribution in [3.8, 4) is 11.7 Å². The SMILES string of the molecule is CC(C)(C)OC(=O)N1C[C@@H](CCC(Nc2cccc(S(=O)(=O)NC(=O)c3ccc(-n4ccc(OCCC5CCCC5)n4)nc3Cl)n2)c2cc(C(C)(C)C)ccn2)CC1(C)C. The summed E-state index contributed by atoms with van der Waals surface area (Å²) in [5.41, 5.74) is 0.607. The number of amides is 2. The van der Waals surface area contributed by atoms with Crippen molar-refractivity contribution in [2.75, 3.05) is 18.5 Å². The second kappa shape index (κ2) is 18.1. The zero-order chi connectivity index (χ0) is 43.5. The number of likely N-dealkylation sites (tertiary alicyclic amines) is 1. The third kappa shape index (κ3) is 11.5. The van der Waals surface area contributed by atoms with Gasteiger partial charge < -0.3 is 19.7 Å². The van der Waals surface area contributed by atoms with E-state index < -0.39 is 21.5 Å². The van der Waals surface area contributed by atoms with Crippen LogP contribution in [0.2, 0.25) is 5.15 Å². The molecule has 0 spiro atoms. The average Bonchev–Trinajstić information content (AvgIpc) is 3.93. The highest BCUT2D eigenvalue weighted by Crippen LogP contribution is 2.38. The molecule has 2 aliphatic rings. The summed E-state index contributed by atoms with van der Waals surface area (Å²) in [5, 5.41) is 7.29. The number of nitrogens with zero attached hydrogens (tertiary/aromatic N) is 6. The molecule has 2 fully saturated rings. The van der Waals surface area contributed by atoms with Gasteiger partial charge in [0.25, 0.3) is 15.9 Å². The fourth-order valence-electron chi connectivity index (χ4n) is 7.94. The lowest BCUT2D eigenvalue weighted by Gasteiger charge is -2.33. The number of halogens is 1. The quantitative estimate of drug-likeness (QED) is 0.116. The summed E-state index contributed by atoms with van der Waals surface area (Å²) in [6, 6.07) is 12.9. The fourth-order valence-corrected chi connectivity index (χ4v) is 9.11. The fraction of sp³-hybridized carbons (Fsp3) is 0.545. The Morgan fingerprint density at radius 3 is 2.43 bits per heavy atom. The zero-order valence-electron chi connectivity index (χ0n) is 36.0. The van der Waals surface area contributed by atoms with Gasteiger partial charge in [0.1, 0.15) is 16.6 Å². The van der Waals surface area contributed by atoms with Crippen LogP contribution in [0.15, 0.2) is 66.0 Å². The Hall–Kier alpha value is -4.76. The molecule has 2 atom stereocenters. The number of nitrogens with one attached hydrogen (secondary N) is 2. The van der Waals surface area contributed by atoms with Crippen LogP contribution in [-0.4, -0.2) is 74.3 Å². The van der Waals surface area contributed by atoms with Crippen LogP contribution < -0.4 is 14.8 Å². The molecule has 5 heterocycles. The lowest BCUT2D eigenvalue weighted by molar-refractivity contribution is 0.0130. The second-order valence-corrected chi connectivity index (χ2v) is 20.6. The van der Waals surface area contributed by atoms with Gasteiger partial charge in [0.2, 0.25) is 5.88 Å². The highest BCUT2D eigenvalue weighted by atomic mass is 35.5. The van der Waals surface area contributed by atoms with Crippen LogP contribution in [0, 0.1) is 11.8 Å². The molecule has 1 aliphatic carbocycles. The lowest BCUT2D eigenvalue weighted by Crippen LogP contribution is -2.45. The van der Waals surface area contributed by atoms with Gasteiger partial charge in [-0.05, 0) is 120 Å². The minimum absolute atomic E-state index is 0.136. The molecule has 1 saturated heterocycles. The molecule has 14 nitrogen and oxygen atoms in total. The van der Waals surface area contributed by atoms with Gasteiger partial charge in [0, 0.05) is 30.5 Å². The first kappa shape index (κ1) is 44.8. The molecular weight excluding hydrogens is 804 g/mol. The largest absolute Gasteiger partial charge is 0.477 e. The molecule has 60 heavy (non-hydrogen) atoms. The molecule has 0 bridgehead atoms. The number of aromatic nitrogens is 5. The Morgan fingerprint density at radius 2 is 1.73 bits per heavy atom. The number of hydrogen-bond donors (Lipinski definition) is 2.